The third-order valence-corrected chi connectivity index (χ3v) is 13.6. The van der Waals surface area contributed by atoms with E-state index in [0.29, 0.717) is 46.4 Å². The number of piperazine rings is 1. The highest BCUT2D eigenvalue weighted by atomic mass is 35.5. The van der Waals surface area contributed by atoms with Gasteiger partial charge in [0.2, 0.25) is 11.8 Å². The predicted molar refractivity (Wildman–Crippen MR) is 222 cm³/mol. The lowest BCUT2D eigenvalue weighted by atomic mass is 9.49. The van der Waals surface area contributed by atoms with E-state index in [1.165, 1.54) is 4.90 Å². The summed E-state index contributed by atoms with van der Waals surface area (Å²) in [5, 5.41) is 16.1. The van der Waals surface area contributed by atoms with Gasteiger partial charge in [0.05, 0.1) is 17.1 Å². The Labute approximate surface area is 348 Å². The number of rotatable bonds is 9. The molecule has 5 heterocycles. The molecule has 4 amide bonds. The van der Waals surface area contributed by atoms with E-state index < -0.39 is 11.9 Å². The Bertz CT molecular complexity index is 2390. The van der Waals surface area contributed by atoms with E-state index in [2.05, 4.69) is 65.2 Å². The van der Waals surface area contributed by atoms with Gasteiger partial charge in [-0.25, -0.2) is 0 Å². The standard InChI is InChI=1S/C45H48ClN7O6/c1-44(2)42(45(3,4)43(44)58-31-11-7-28(21-47)34(46)20-31)49-39(55)27-5-8-29(9-6-27)52-23-26(24-52)22-50-15-17-51(18-16-50)30-10-12-32-33-25-53(35-13-14-37(54)48-40(35)56)41(57)38(33)59-36(32)19-30/h5-12,19-20,26,35,42-43H,13-18,22-25H2,1-4H3,(H,49,55)(H,48,54,56). The van der Waals surface area contributed by atoms with Crippen molar-refractivity contribution in [3.8, 4) is 11.8 Å². The molecule has 2 N–H and O–H groups in total. The second-order valence-corrected chi connectivity index (χ2v) is 18.3. The van der Waals surface area contributed by atoms with Gasteiger partial charge in [-0.3, -0.25) is 29.4 Å². The fourth-order valence-corrected chi connectivity index (χ4v) is 10.6. The average Bonchev–Trinajstić information content (AvgIpc) is 3.72. The van der Waals surface area contributed by atoms with Gasteiger partial charge in [0, 0.05) is 115 Å². The number of carbonyl (C=O) groups excluding carboxylic acids is 4. The first-order chi connectivity index (χ1) is 28.2. The van der Waals surface area contributed by atoms with Crippen molar-refractivity contribution in [3.05, 3.63) is 88.1 Å². The number of benzene rings is 3. The number of amides is 4. The molecule has 0 radical (unpaired) electrons. The lowest BCUT2D eigenvalue weighted by molar-refractivity contribution is -0.164. The molecule has 4 aliphatic heterocycles. The summed E-state index contributed by atoms with van der Waals surface area (Å²) in [7, 11) is 0. The SMILES string of the molecule is CC1(C)C(NC(=O)c2ccc(N3CC(CN4CCN(c5ccc6c7c(oc6c5)C(=O)N(C5CCC(=O)NC5=O)C7)CC4)C3)cc2)C(C)(C)C1Oc1ccc(C#N)c(Cl)c1. The highest BCUT2D eigenvalue weighted by Gasteiger charge is 2.64. The van der Waals surface area contributed by atoms with Crippen LogP contribution in [0, 0.1) is 28.1 Å². The number of hydrogen-bond acceptors (Lipinski definition) is 10. The molecule has 13 nitrogen and oxygen atoms in total. The van der Waals surface area contributed by atoms with Gasteiger partial charge in [0.15, 0.2) is 5.76 Å². The number of nitrogens with zero attached hydrogens (tertiary/aromatic N) is 5. The monoisotopic (exact) mass is 817 g/mol. The maximum absolute atomic E-state index is 13.5. The van der Waals surface area contributed by atoms with Gasteiger partial charge in [-0.15, -0.1) is 0 Å². The van der Waals surface area contributed by atoms with E-state index in [0.717, 1.165) is 68.1 Å². The molecule has 1 aromatic heterocycles. The Morgan fingerprint density at radius 2 is 1.66 bits per heavy atom. The van der Waals surface area contributed by atoms with Crippen LogP contribution in [0.1, 0.15) is 72.6 Å². The van der Waals surface area contributed by atoms with Crippen LogP contribution in [0.15, 0.2) is 65.1 Å². The lowest BCUT2D eigenvalue weighted by Crippen LogP contribution is -2.74. The molecule has 0 bridgehead atoms. The largest absolute Gasteiger partial charge is 0.489 e. The number of anilines is 2. The number of halogens is 1. The molecule has 1 saturated carbocycles. The molecule has 1 atom stereocenters. The number of imide groups is 1. The van der Waals surface area contributed by atoms with Crippen LogP contribution in [0.5, 0.6) is 5.75 Å². The molecule has 306 valence electrons. The molecule has 4 aromatic rings. The number of piperidine rings is 1. The highest BCUT2D eigenvalue weighted by Crippen LogP contribution is 2.55. The van der Waals surface area contributed by atoms with Crippen LogP contribution in [0.3, 0.4) is 0 Å². The van der Waals surface area contributed by atoms with Crippen LogP contribution in [-0.2, 0) is 16.1 Å². The molecule has 5 aliphatic rings. The lowest BCUT2D eigenvalue weighted by Gasteiger charge is -2.63. The fourth-order valence-electron chi connectivity index (χ4n) is 10.4. The zero-order valence-electron chi connectivity index (χ0n) is 33.7. The van der Waals surface area contributed by atoms with E-state index >= 15 is 0 Å². The third-order valence-electron chi connectivity index (χ3n) is 13.3. The molecule has 1 unspecified atom stereocenters. The maximum atomic E-state index is 13.5. The van der Waals surface area contributed by atoms with Crippen molar-refractivity contribution in [2.45, 2.75) is 65.3 Å². The number of hydrogen-bond donors (Lipinski definition) is 2. The summed E-state index contributed by atoms with van der Waals surface area (Å²) in [6, 6.07) is 20.4. The Morgan fingerprint density at radius 1 is 0.949 bits per heavy atom. The zero-order chi connectivity index (χ0) is 41.4. The quantitative estimate of drug-likeness (QED) is 0.205. The summed E-state index contributed by atoms with van der Waals surface area (Å²) in [6.07, 6.45) is 0.365. The Hall–Kier alpha value is -5.58. The average molecular weight is 818 g/mol. The first-order valence-electron chi connectivity index (χ1n) is 20.4. The van der Waals surface area contributed by atoms with E-state index in [1.54, 1.807) is 18.2 Å². The topological polar surface area (TPSA) is 151 Å². The number of nitrogens with one attached hydrogen (secondary N) is 2. The van der Waals surface area contributed by atoms with Gasteiger partial charge in [0.1, 0.15) is 29.5 Å². The van der Waals surface area contributed by atoms with Crippen LogP contribution in [0.2, 0.25) is 5.02 Å². The first kappa shape index (κ1) is 38.9. The fraction of sp³-hybridized carbons (Fsp3) is 0.444. The van der Waals surface area contributed by atoms with E-state index in [9.17, 15) is 24.4 Å². The molecule has 4 fully saturated rings. The van der Waals surface area contributed by atoms with Crippen molar-refractivity contribution in [1.29, 1.82) is 5.26 Å². The van der Waals surface area contributed by atoms with E-state index in [-0.39, 0.29) is 52.9 Å². The summed E-state index contributed by atoms with van der Waals surface area (Å²) in [5.74, 6) is 0.318. The minimum atomic E-state index is -0.664. The van der Waals surface area contributed by atoms with Gasteiger partial charge in [-0.05, 0) is 55.0 Å². The third kappa shape index (κ3) is 6.86. The van der Waals surface area contributed by atoms with Gasteiger partial charge >= 0.3 is 0 Å². The van der Waals surface area contributed by atoms with Crippen molar-refractivity contribution in [2.75, 3.05) is 55.6 Å². The minimum Gasteiger partial charge on any atom is -0.489 e. The molecule has 1 aliphatic carbocycles. The summed E-state index contributed by atoms with van der Waals surface area (Å²) in [6.45, 7) is 15.4. The molecular formula is C45H48ClN7O6. The van der Waals surface area contributed by atoms with Gasteiger partial charge in [-0.1, -0.05) is 39.3 Å². The van der Waals surface area contributed by atoms with E-state index in [1.807, 2.05) is 36.4 Å². The summed E-state index contributed by atoms with van der Waals surface area (Å²) in [4.78, 5) is 59.5. The van der Waals surface area contributed by atoms with Crippen LogP contribution < -0.4 is 25.2 Å². The van der Waals surface area contributed by atoms with Crippen molar-refractivity contribution < 1.29 is 28.3 Å². The second-order valence-electron chi connectivity index (χ2n) is 17.9. The highest BCUT2D eigenvalue weighted by molar-refractivity contribution is 6.31. The van der Waals surface area contributed by atoms with Crippen LogP contribution >= 0.6 is 11.6 Å². The normalized spacial score (nSPS) is 24.0. The summed E-state index contributed by atoms with van der Waals surface area (Å²) >= 11 is 6.25. The summed E-state index contributed by atoms with van der Waals surface area (Å²) < 4.78 is 12.5. The molecule has 14 heteroatoms. The van der Waals surface area contributed by atoms with Crippen molar-refractivity contribution in [2.24, 2.45) is 16.7 Å². The van der Waals surface area contributed by atoms with Gasteiger partial charge in [-0.2, -0.15) is 5.26 Å². The molecule has 3 aromatic carbocycles. The Kier molecular flexibility index (Phi) is 9.63. The smallest absolute Gasteiger partial charge is 0.290 e. The van der Waals surface area contributed by atoms with Crippen LogP contribution in [0.25, 0.3) is 11.0 Å². The molecule has 9 rings (SSSR count). The van der Waals surface area contributed by atoms with Crippen molar-refractivity contribution in [1.82, 2.24) is 20.4 Å². The maximum Gasteiger partial charge on any atom is 0.290 e. The second kappa shape index (κ2) is 14.6. The molecule has 3 saturated heterocycles. The first-order valence-corrected chi connectivity index (χ1v) is 20.8. The van der Waals surface area contributed by atoms with Crippen molar-refractivity contribution >= 4 is 57.6 Å². The van der Waals surface area contributed by atoms with Gasteiger partial charge in [0.25, 0.3) is 11.8 Å². The molecular weight excluding hydrogens is 770 g/mol. The number of ether oxygens (including phenoxy) is 1. The Balaban J connectivity index is 0.731. The van der Waals surface area contributed by atoms with Gasteiger partial charge < -0.3 is 29.2 Å². The van der Waals surface area contributed by atoms with Crippen LogP contribution in [0.4, 0.5) is 11.4 Å². The number of fused-ring (bicyclic) bond motifs is 3. The van der Waals surface area contributed by atoms with Crippen LogP contribution in [-0.4, -0.2) is 97.4 Å². The number of carbonyl (C=O) groups is 4. The van der Waals surface area contributed by atoms with E-state index in [4.69, 9.17) is 20.8 Å². The van der Waals surface area contributed by atoms with Crippen molar-refractivity contribution in [3.63, 3.8) is 0 Å². The number of furan rings is 1. The molecule has 59 heavy (non-hydrogen) atoms. The zero-order valence-corrected chi connectivity index (χ0v) is 34.5. The predicted octanol–water partition coefficient (Wildman–Crippen LogP) is 5.59. The minimum absolute atomic E-state index is 0.107. The molecule has 0 spiro atoms. The Morgan fingerprint density at radius 3 is 2.34 bits per heavy atom. The number of nitriles is 1. The summed E-state index contributed by atoms with van der Waals surface area (Å²) in [5.41, 5.74) is 3.99.